The molecule has 0 aliphatic heterocycles. The van der Waals surface area contributed by atoms with Gasteiger partial charge in [-0.1, -0.05) is 60.7 Å². The van der Waals surface area contributed by atoms with Gasteiger partial charge in [-0.25, -0.2) is 4.99 Å². The number of nitrogens with zero attached hydrogens (tertiary/aromatic N) is 1. The van der Waals surface area contributed by atoms with Gasteiger partial charge in [0, 0.05) is 5.56 Å². The summed E-state index contributed by atoms with van der Waals surface area (Å²) < 4.78 is 5.88. The number of ether oxygens (including phenoxy) is 1. The van der Waals surface area contributed by atoms with Crippen LogP contribution in [0.5, 0.6) is 5.75 Å². The van der Waals surface area contributed by atoms with Gasteiger partial charge in [-0.15, -0.1) is 0 Å². The predicted molar refractivity (Wildman–Crippen MR) is 96.7 cm³/mol. The van der Waals surface area contributed by atoms with Crippen molar-refractivity contribution in [3.05, 3.63) is 66.7 Å². The molecule has 0 aliphatic rings. The van der Waals surface area contributed by atoms with Gasteiger partial charge < -0.3 is 15.8 Å². The van der Waals surface area contributed by atoms with Gasteiger partial charge in [-0.05, 0) is 18.6 Å². The number of guanidine groups is 1. The van der Waals surface area contributed by atoms with Gasteiger partial charge in [-0.3, -0.25) is 0 Å². The Labute approximate surface area is 137 Å². The van der Waals surface area contributed by atoms with Crippen LogP contribution < -0.4 is 15.8 Å². The van der Waals surface area contributed by atoms with Crippen LogP contribution in [0.4, 0.5) is 0 Å². The summed E-state index contributed by atoms with van der Waals surface area (Å²) in [5.41, 5.74) is 8.96. The van der Waals surface area contributed by atoms with Crippen molar-refractivity contribution in [1.29, 1.82) is 0 Å². The highest BCUT2D eigenvalue weighted by Gasteiger charge is 2.04. The fourth-order valence-corrected chi connectivity index (χ4v) is 2.06. The molecule has 0 aliphatic carbocycles. The molecule has 0 aromatic heterocycles. The molecule has 0 heterocycles. The van der Waals surface area contributed by atoms with Gasteiger partial charge in [0.1, 0.15) is 12.4 Å². The fraction of sp³-hybridized carbons (Fsp3) is 0.211. The average Bonchev–Trinajstić information content (AvgIpc) is 2.58. The molecule has 2 aromatic rings. The van der Waals surface area contributed by atoms with Crippen LogP contribution in [-0.2, 0) is 0 Å². The lowest BCUT2D eigenvalue weighted by atomic mass is 10.1. The Bertz CT molecular complexity index is 665. The third kappa shape index (κ3) is 5.51. The molecule has 0 saturated carbocycles. The molecule has 0 unspecified atom stereocenters. The van der Waals surface area contributed by atoms with Crippen molar-refractivity contribution in [3.63, 3.8) is 0 Å². The van der Waals surface area contributed by atoms with Crippen molar-refractivity contribution in [3.8, 4) is 16.9 Å². The molecule has 0 bridgehead atoms. The summed E-state index contributed by atoms with van der Waals surface area (Å²) in [4.78, 5) is 4.16. The molecule has 0 atom stereocenters. The molecule has 0 radical (unpaired) electrons. The Morgan fingerprint density at radius 2 is 1.83 bits per heavy atom. The summed E-state index contributed by atoms with van der Waals surface area (Å²) in [7, 11) is 0. The maximum absolute atomic E-state index is 5.88. The highest BCUT2D eigenvalue weighted by atomic mass is 16.5. The first-order valence-electron chi connectivity index (χ1n) is 7.62. The molecule has 4 nitrogen and oxygen atoms in total. The summed E-state index contributed by atoms with van der Waals surface area (Å²) in [6.07, 6.45) is 0. The molecule has 2 rings (SSSR count). The van der Waals surface area contributed by atoms with E-state index in [2.05, 4.69) is 35.1 Å². The number of para-hydroxylation sites is 1. The summed E-state index contributed by atoms with van der Waals surface area (Å²) in [5, 5.41) is 3.03. The molecule has 120 valence electrons. The van der Waals surface area contributed by atoms with Crippen LogP contribution in [0.15, 0.2) is 71.7 Å². The monoisotopic (exact) mass is 309 g/mol. The van der Waals surface area contributed by atoms with Gasteiger partial charge in [0.05, 0.1) is 13.1 Å². The van der Waals surface area contributed by atoms with Crippen LogP contribution in [0.25, 0.3) is 11.1 Å². The van der Waals surface area contributed by atoms with Gasteiger partial charge in [0.2, 0.25) is 0 Å². The lowest BCUT2D eigenvalue weighted by Crippen LogP contribution is -2.34. The van der Waals surface area contributed by atoms with Gasteiger partial charge >= 0.3 is 0 Å². The molecule has 2 aromatic carbocycles. The van der Waals surface area contributed by atoms with E-state index in [0.717, 1.165) is 22.4 Å². The second-order valence-electron chi connectivity index (χ2n) is 5.30. The third-order valence-corrected chi connectivity index (χ3v) is 3.16. The zero-order valence-electron chi connectivity index (χ0n) is 13.5. The van der Waals surface area contributed by atoms with Crippen molar-refractivity contribution >= 4 is 5.96 Å². The summed E-state index contributed by atoms with van der Waals surface area (Å²) in [6, 6.07) is 18.2. The largest absolute Gasteiger partial charge is 0.491 e. The third-order valence-electron chi connectivity index (χ3n) is 3.16. The molecular weight excluding hydrogens is 286 g/mol. The van der Waals surface area contributed by atoms with Crippen LogP contribution in [0.3, 0.4) is 0 Å². The minimum absolute atomic E-state index is 0.410. The number of hydrogen-bond donors (Lipinski definition) is 2. The van der Waals surface area contributed by atoms with E-state index in [1.54, 1.807) is 0 Å². The normalized spacial score (nSPS) is 11.1. The number of nitrogens with two attached hydrogens (primary N) is 1. The van der Waals surface area contributed by atoms with Crippen LogP contribution in [0.1, 0.15) is 6.92 Å². The number of aliphatic imine (C=N–C) groups is 1. The van der Waals surface area contributed by atoms with E-state index in [-0.39, 0.29) is 0 Å². The van der Waals surface area contributed by atoms with E-state index in [1.807, 2.05) is 43.3 Å². The quantitative estimate of drug-likeness (QED) is 0.357. The van der Waals surface area contributed by atoms with Gasteiger partial charge in [0.25, 0.3) is 0 Å². The van der Waals surface area contributed by atoms with Crippen LogP contribution in [0, 0.1) is 0 Å². The Morgan fingerprint density at radius 1 is 1.13 bits per heavy atom. The van der Waals surface area contributed by atoms with E-state index >= 15 is 0 Å². The standard InChI is InChI=1S/C19H23N3O/c1-15(2)14-22-19(20)21-12-13-23-18-11-7-6-10-17(18)16-8-4-3-5-9-16/h3-11H,1,12-14H2,2H3,(H3,20,21,22). The molecule has 0 fully saturated rings. The van der Waals surface area contributed by atoms with E-state index < -0.39 is 0 Å². The summed E-state index contributed by atoms with van der Waals surface area (Å²) in [6.45, 7) is 7.34. The van der Waals surface area contributed by atoms with Crippen molar-refractivity contribution in [2.75, 3.05) is 19.7 Å². The Kier molecular flexibility index (Phi) is 6.24. The molecule has 0 saturated heterocycles. The minimum Gasteiger partial charge on any atom is -0.491 e. The SMILES string of the molecule is C=C(C)CN=C(N)NCCOc1ccccc1-c1ccccc1. The smallest absolute Gasteiger partial charge is 0.189 e. The maximum Gasteiger partial charge on any atom is 0.189 e. The fourth-order valence-electron chi connectivity index (χ4n) is 2.06. The van der Waals surface area contributed by atoms with E-state index in [9.17, 15) is 0 Å². The van der Waals surface area contributed by atoms with E-state index in [1.165, 1.54) is 0 Å². The summed E-state index contributed by atoms with van der Waals surface area (Å²) in [5.74, 6) is 1.27. The van der Waals surface area contributed by atoms with Crippen molar-refractivity contribution in [1.82, 2.24) is 5.32 Å². The van der Waals surface area contributed by atoms with Gasteiger partial charge in [0.15, 0.2) is 5.96 Å². The zero-order valence-corrected chi connectivity index (χ0v) is 13.5. The van der Waals surface area contributed by atoms with Crippen molar-refractivity contribution in [2.45, 2.75) is 6.92 Å². The molecule has 3 N–H and O–H groups in total. The number of nitrogens with one attached hydrogen (secondary N) is 1. The topological polar surface area (TPSA) is 59.6 Å². The second kappa shape index (κ2) is 8.63. The van der Waals surface area contributed by atoms with Gasteiger partial charge in [-0.2, -0.15) is 0 Å². The predicted octanol–water partition coefficient (Wildman–Crippen LogP) is 3.21. The highest BCUT2D eigenvalue weighted by Crippen LogP contribution is 2.29. The first kappa shape index (κ1) is 16.6. The Balaban J connectivity index is 1.90. The molecule has 0 spiro atoms. The van der Waals surface area contributed by atoms with E-state index in [0.29, 0.717) is 25.7 Å². The molecular formula is C19H23N3O. The van der Waals surface area contributed by atoms with E-state index in [4.69, 9.17) is 10.5 Å². The highest BCUT2D eigenvalue weighted by molar-refractivity contribution is 5.77. The Hall–Kier alpha value is -2.75. The van der Waals surface area contributed by atoms with Crippen LogP contribution in [0.2, 0.25) is 0 Å². The lowest BCUT2D eigenvalue weighted by molar-refractivity contribution is 0.323. The second-order valence-corrected chi connectivity index (χ2v) is 5.30. The van der Waals surface area contributed by atoms with Crippen molar-refractivity contribution < 1.29 is 4.74 Å². The molecule has 4 heteroatoms. The van der Waals surface area contributed by atoms with Crippen LogP contribution >= 0.6 is 0 Å². The van der Waals surface area contributed by atoms with Crippen molar-refractivity contribution in [2.24, 2.45) is 10.7 Å². The average molecular weight is 309 g/mol. The molecule has 23 heavy (non-hydrogen) atoms. The number of benzene rings is 2. The minimum atomic E-state index is 0.410. The number of hydrogen-bond acceptors (Lipinski definition) is 2. The zero-order chi connectivity index (χ0) is 16.5. The van der Waals surface area contributed by atoms with Crippen LogP contribution in [-0.4, -0.2) is 25.7 Å². The number of rotatable bonds is 7. The first-order chi connectivity index (χ1) is 11.2. The maximum atomic E-state index is 5.88. The lowest BCUT2D eigenvalue weighted by Gasteiger charge is -2.12. The summed E-state index contributed by atoms with van der Waals surface area (Å²) >= 11 is 0. The molecule has 0 amide bonds. The first-order valence-corrected chi connectivity index (χ1v) is 7.62. The Morgan fingerprint density at radius 3 is 2.57 bits per heavy atom.